The Bertz CT molecular complexity index is 568. The number of hydrogen-bond acceptors (Lipinski definition) is 4. The van der Waals surface area contributed by atoms with Crippen LogP contribution in [0, 0.1) is 11.3 Å². The number of amides is 1. The molecule has 0 spiro atoms. The van der Waals surface area contributed by atoms with Crippen LogP contribution in [0.5, 0.6) is 5.75 Å². The van der Waals surface area contributed by atoms with Gasteiger partial charge < -0.3 is 14.7 Å². The molecule has 1 N–H and O–H groups in total. The topological polar surface area (TPSA) is 90.6 Å². The molecule has 6 nitrogen and oxygen atoms in total. The Kier molecular flexibility index (Phi) is 5.30. The van der Waals surface area contributed by atoms with Gasteiger partial charge in [0.25, 0.3) is 5.91 Å². The van der Waals surface area contributed by atoms with Gasteiger partial charge in [0.1, 0.15) is 17.4 Å². The molecule has 6 heteroatoms. The van der Waals surface area contributed by atoms with Crippen molar-refractivity contribution in [1.29, 1.82) is 5.26 Å². The van der Waals surface area contributed by atoms with E-state index in [1.807, 2.05) is 6.07 Å². The van der Waals surface area contributed by atoms with Gasteiger partial charge in [0.05, 0.1) is 0 Å². The third kappa shape index (κ3) is 4.46. The largest absolute Gasteiger partial charge is 0.482 e. The Labute approximate surface area is 116 Å². The fourth-order valence-electron chi connectivity index (χ4n) is 1.35. The molecule has 0 aliphatic heterocycles. The molecule has 0 saturated carbocycles. The standard InChI is InChI=1S/C14H14N2O4/c1-16(2)14(19)11(8-15)7-10-3-5-12(6-4-10)20-9-13(17)18/h3-7H,9H2,1-2H3,(H,17,18)/b11-7-. The summed E-state index contributed by atoms with van der Waals surface area (Å²) in [6.07, 6.45) is 1.46. The second-order valence-electron chi connectivity index (χ2n) is 4.12. The number of rotatable bonds is 5. The predicted molar refractivity (Wildman–Crippen MR) is 71.9 cm³/mol. The molecule has 0 unspecified atom stereocenters. The van der Waals surface area contributed by atoms with Crippen molar-refractivity contribution in [2.45, 2.75) is 0 Å². The summed E-state index contributed by atoms with van der Waals surface area (Å²) in [5.41, 5.74) is 0.675. The van der Waals surface area contributed by atoms with Crippen LogP contribution in [0.2, 0.25) is 0 Å². The van der Waals surface area contributed by atoms with Crippen molar-refractivity contribution in [3.8, 4) is 11.8 Å². The molecule has 0 bridgehead atoms. The zero-order valence-electron chi connectivity index (χ0n) is 11.2. The van der Waals surface area contributed by atoms with Gasteiger partial charge >= 0.3 is 5.97 Å². The number of hydrogen-bond donors (Lipinski definition) is 1. The van der Waals surface area contributed by atoms with E-state index in [4.69, 9.17) is 15.1 Å². The van der Waals surface area contributed by atoms with Crippen molar-refractivity contribution in [3.63, 3.8) is 0 Å². The van der Waals surface area contributed by atoms with Crippen LogP contribution in [-0.2, 0) is 9.59 Å². The summed E-state index contributed by atoms with van der Waals surface area (Å²) in [6.45, 7) is -0.419. The first kappa shape index (κ1) is 15.2. The van der Waals surface area contributed by atoms with E-state index in [1.165, 1.54) is 11.0 Å². The van der Waals surface area contributed by atoms with Crippen molar-refractivity contribution in [2.24, 2.45) is 0 Å². The van der Waals surface area contributed by atoms with Crippen LogP contribution in [-0.4, -0.2) is 42.6 Å². The number of nitriles is 1. The lowest BCUT2D eigenvalue weighted by molar-refractivity contribution is -0.139. The number of aliphatic carboxylic acids is 1. The highest BCUT2D eigenvalue weighted by Crippen LogP contribution is 2.15. The average molecular weight is 274 g/mol. The number of nitrogens with zero attached hydrogens (tertiary/aromatic N) is 2. The van der Waals surface area contributed by atoms with Crippen LogP contribution in [0.25, 0.3) is 6.08 Å². The van der Waals surface area contributed by atoms with E-state index in [1.54, 1.807) is 38.4 Å². The maximum atomic E-state index is 11.7. The first-order valence-electron chi connectivity index (χ1n) is 5.72. The molecule has 0 atom stereocenters. The van der Waals surface area contributed by atoms with Crippen molar-refractivity contribution >= 4 is 18.0 Å². The molecular weight excluding hydrogens is 260 g/mol. The maximum absolute atomic E-state index is 11.7. The molecular formula is C14H14N2O4. The summed E-state index contributed by atoms with van der Waals surface area (Å²) >= 11 is 0. The highest BCUT2D eigenvalue weighted by molar-refractivity contribution is 6.01. The van der Waals surface area contributed by atoms with Crippen molar-refractivity contribution in [1.82, 2.24) is 4.90 Å². The number of benzene rings is 1. The lowest BCUT2D eigenvalue weighted by atomic mass is 10.1. The van der Waals surface area contributed by atoms with Gasteiger partial charge in [0.15, 0.2) is 6.61 Å². The molecule has 0 aromatic heterocycles. The lowest BCUT2D eigenvalue weighted by Gasteiger charge is -2.08. The van der Waals surface area contributed by atoms with Crippen molar-refractivity contribution < 1.29 is 19.4 Å². The summed E-state index contributed by atoms with van der Waals surface area (Å²) in [6, 6.07) is 8.27. The molecule has 0 saturated heterocycles. The number of ether oxygens (including phenoxy) is 1. The van der Waals surface area contributed by atoms with Gasteiger partial charge in [-0.15, -0.1) is 0 Å². The molecule has 1 rings (SSSR count). The fourth-order valence-corrected chi connectivity index (χ4v) is 1.35. The molecule has 0 aliphatic carbocycles. The zero-order valence-corrected chi connectivity index (χ0v) is 11.2. The Morgan fingerprint density at radius 2 is 1.95 bits per heavy atom. The normalized spacial score (nSPS) is 10.6. The summed E-state index contributed by atoms with van der Waals surface area (Å²) in [5.74, 6) is -1.03. The summed E-state index contributed by atoms with van der Waals surface area (Å²) in [5, 5.41) is 17.4. The zero-order chi connectivity index (χ0) is 15.1. The molecule has 0 aliphatic rings. The van der Waals surface area contributed by atoms with Crippen LogP contribution in [0.3, 0.4) is 0 Å². The number of likely N-dealkylation sites (N-methyl/N-ethyl adjacent to an activating group) is 1. The van der Waals surface area contributed by atoms with Crippen LogP contribution in [0.4, 0.5) is 0 Å². The third-order valence-corrected chi connectivity index (χ3v) is 2.31. The van der Waals surface area contributed by atoms with Crippen LogP contribution >= 0.6 is 0 Å². The van der Waals surface area contributed by atoms with E-state index < -0.39 is 12.6 Å². The van der Waals surface area contributed by atoms with Crippen molar-refractivity contribution in [3.05, 3.63) is 35.4 Å². The van der Waals surface area contributed by atoms with E-state index in [2.05, 4.69) is 0 Å². The van der Waals surface area contributed by atoms with Crippen LogP contribution < -0.4 is 4.74 Å². The summed E-state index contributed by atoms with van der Waals surface area (Å²) in [4.78, 5) is 23.3. The van der Waals surface area contributed by atoms with Gasteiger partial charge in [-0.25, -0.2) is 4.79 Å². The van der Waals surface area contributed by atoms with Crippen molar-refractivity contribution in [2.75, 3.05) is 20.7 Å². The quantitative estimate of drug-likeness (QED) is 0.642. The van der Waals surface area contributed by atoms with Crippen LogP contribution in [0.1, 0.15) is 5.56 Å². The molecule has 20 heavy (non-hydrogen) atoms. The summed E-state index contributed by atoms with van der Waals surface area (Å²) in [7, 11) is 3.13. The second-order valence-corrected chi connectivity index (χ2v) is 4.12. The minimum absolute atomic E-state index is 0.0224. The number of carboxylic acid groups (broad SMARTS) is 1. The van der Waals surface area contributed by atoms with E-state index in [0.29, 0.717) is 11.3 Å². The lowest BCUT2D eigenvalue weighted by Crippen LogP contribution is -2.22. The van der Waals surface area contributed by atoms with E-state index in [-0.39, 0.29) is 11.5 Å². The Morgan fingerprint density at radius 1 is 1.35 bits per heavy atom. The number of carbonyl (C=O) groups excluding carboxylic acids is 1. The predicted octanol–water partition coefficient (Wildman–Crippen LogP) is 1.15. The molecule has 0 radical (unpaired) electrons. The second kappa shape index (κ2) is 6.95. The number of carboxylic acids is 1. The smallest absolute Gasteiger partial charge is 0.341 e. The Balaban J connectivity index is 2.85. The molecule has 1 amide bonds. The van der Waals surface area contributed by atoms with Gasteiger partial charge in [0.2, 0.25) is 0 Å². The fraction of sp³-hybridized carbons (Fsp3) is 0.214. The third-order valence-electron chi connectivity index (χ3n) is 2.31. The first-order valence-corrected chi connectivity index (χ1v) is 5.72. The molecule has 0 heterocycles. The minimum Gasteiger partial charge on any atom is -0.482 e. The van der Waals surface area contributed by atoms with Gasteiger partial charge in [-0.05, 0) is 23.8 Å². The summed E-state index contributed by atoms with van der Waals surface area (Å²) < 4.78 is 4.98. The first-order chi connectivity index (χ1) is 9.43. The highest BCUT2D eigenvalue weighted by atomic mass is 16.5. The average Bonchev–Trinajstić information content (AvgIpc) is 2.42. The SMILES string of the molecule is CN(C)C(=O)/C(C#N)=C\c1ccc(OCC(=O)O)cc1. The maximum Gasteiger partial charge on any atom is 0.341 e. The minimum atomic E-state index is -1.06. The molecule has 1 aromatic rings. The Hall–Kier alpha value is -2.81. The Morgan fingerprint density at radius 3 is 2.40 bits per heavy atom. The molecule has 1 aromatic carbocycles. The monoisotopic (exact) mass is 274 g/mol. The van der Waals surface area contributed by atoms with E-state index in [0.717, 1.165) is 0 Å². The van der Waals surface area contributed by atoms with E-state index in [9.17, 15) is 9.59 Å². The number of carbonyl (C=O) groups is 2. The van der Waals surface area contributed by atoms with E-state index >= 15 is 0 Å². The van der Waals surface area contributed by atoms with Gasteiger partial charge in [0, 0.05) is 14.1 Å². The molecule has 104 valence electrons. The van der Waals surface area contributed by atoms with Gasteiger partial charge in [-0.1, -0.05) is 12.1 Å². The highest BCUT2D eigenvalue weighted by Gasteiger charge is 2.10. The van der Waals surface area contributed by atoms with Gasteiger partial charge in [-0.2, -0.15) is 5.26 Å². The van der Waals surface area contributed by atoms with Gasteiger partial charge in [-0.3, -0.25) is 4.79 Å². The molecule has 0 fully saturated rings. The van der Waals surface area contributed by atoms with Crippen LogP contribution in [0.15, 0.2) is 29.8 Å².